The number of nitrogens with zero attached hydrogens (tertiary/aromatic N) is 1. The molecule has 0 radical (unpaired) electrons. The average Bonchev–Trinajstić information content (AvgIpc) is 3.00. The Labute approximate surface area is 121 Å². The molecule has 2 heterocycles. The normalized spacial score (nSPS) is 18.6. The van der Waals surface area contributed by atoms with Crippen molar-refractivity contribution in [2.24, 2.45) is 0 Å². The number of fused-ring (bicyclic) bond motifs is 1. The van der Waals surface area contributed by atoms with Crippen LogP contribution in [0.2, 0.25) is 0 Å². The Kier molecular flexibility index (Phi) is 4.80. The van der Waals surface area contributed by atoms with Gasteiger partial charge in [0.1, 0.15) is 11.5 Å². The number of benzene rings is 1. The first-order valence-electron chi connectivity index (χ1n) is 8.03. The van der Waals surface area contributed by atoms with Gasteiger partial charge in [0.2, 0.25) is 0 Å². The van der Waals surface area contributed by atoms with Crippen molar-refractivity contribution in [3.05, 3.63) is 23.8 Å². The smallest absolute Gasteiger partial charge is 0.126 e. The third-order valence-corrected chi connectivity index (χ3v) is 4.22. The van der Waals surface area contributed by atoms with Crippen LogP contribution >= 0.6 is 0 Å². The van der Waals surface area contributed by atoms with Gasteiger partial charge in [0.25, 0.3) is 0 Å². The van der Waals surface area contributed by atoms with Gasteiger partial charge in [-0.05, 0) is 69.8 Å². The molecule has 0 spiro atoms. The van der Waals surface area contributed by atoms with Gasteiger partial charge in [0.15, 0.2) is 0 Å². The molecule has 0 N–H and O–H groups in total. The predicted octanol–water partition coefficient (Wildman–Crippen LogP) is 3.27. The van der Waals surface area contributed by atoms with Crippen LogP contribution < -0.4 is 9.47 Å². The molecule has 2 aliphatic rings. The molecule has 1 aromatic carbocycles. The highest BCUT2D eigenvalue weighted by Gasteiger charge is 2.12. The lowest BCUT2D eigenvalue weighted by Gasteiger charge is -2.18. The first kappa shape index (κ1) is 13.7. The lowest BCUT2D eigenvalue weighted by molar-refractivity contribution is 0.270. The summed E-state index contributed by atoms with van der Waals surface area (Å²) in [6, 6.07) is 6.27. The van der Waals surface area contributed by atoms with Crippen LogP contribution in [0.4, 0.5) is 0 Å². The highest BCUT2D eigenvalue weighted by molar-refractivity contribution is 5.41. The van der Waals surface area contributed by atoms with E-state index < -0.39 is 0 Å². The average molecular weight is 275 g/mol. The first-order chi connectivity index (χ1) is 9.92. The van der Waals surface area contributed by atoms with E-state index in [4.69, 9.17) is 9.47 Å². The molecule has 0 unspecified atom stereocenters. The van der Waals surface area contributed by atoms with Crippen molar-refractivity contribution < 1.29 is 9.47 Å². The van der Waals surface area contributed by atoms with Crippen molar-refractivity contribution in [3.8, 4) is 11.5 Å². The van der Waals surface area contributed by atoms with Crippen molar-refractivity contribution in [2.75, 3.05) is 32.8 Å². The van der Waals surface area contributed by atoms with E-state index in [0.29, 0.717) is 0 Å². The second kappa shape index (κ2) is 6.98. The number of aryl methyl sites for hydroxylation is 1. The minimum atomic E-state index is 0.812. The molecule has 2 aliphatic heterocycles. The van der Waals surface area contributed by atoms with Gasteiger partial charge in [-0.15, -0.1) is 0 Å². The van der Waals surface area contributed by atoms with Crippen LogP contribution in [0.25, 0.3) is 0 Å². The van der Waals surface area contributed by atoms with Gasteiger partial charge in [-0.25, -0.2) is 0 Å². The number of hydrogen-bond acceptors (Lipinski definition) is 3. The Morgan fingerprint density at radius 3 is 2.90 bits per heavy atom. The van der Waals surface area contributed by atoms with E-state index in [-0.39, 0.29) is 0 Å². The zero-order valence-electron chi connectivity index (χ0n) is 12.3. The van der Waals surface area contributed by atoms with Crippen LogP contribution in [-0.4, -0.2) is 37.7 Å². The Morgan fingerprint density at radius 1 is 1.10 bits per heavy atom. The van der Waals surface area contributed by atoms with Crippen LogP contribution in [0, 0.1) is 0 Å². The molecule has 0 bridgehead atoms. The van der Waals surface area contributed by atoms with Crippen molar-refractivity contribution in [1.29, 1.82) is 0 Å². The van der Waals surface area contributed by atoms with Crippen molar-refractivity contribution in [3.63, 3.8) is 0 Å². The fraction of sp³-hybridized carbons (Fsp3) is 0.647. The van der Waals surface area contributed by atoms with Crippen LogP contribution in [0.5, 0.6) is 11.5 Å². The molecule has 0 amide bonds. The second-order valence-electron chi connectivity index (χ2n) is 5.83. The quantitative estimate of drug-likeness (QED) is 0.744. The minimum Gasteiger partial charge on any atom is -0.493 e. The molecule has 0 aromatic heterocycles. The summed E-state index contributed by atoms with van der Waals surface area (Å²) < 4.78 is 11.5. The maximum atomic E-state index is 5.84. The van der Waals surface area contributed by atoms with Crippen LogP contribution in [0.1, 0.15) is 37.7 Å². The van der Waals surface area contributed by atoms with E-state index in [2.05, 4.69) is 23.1 Å². The Hall–Kier alpha value is -1.22. The van der Waals surface area contributed by atoms with E-state index in [1.54, 1.807) is 0 Å². The van der Waals surface area contributed by atoms with E-state index in [9.17, 15) is 0 Å². The maximum Gasteiger partial charge on any atom is 0.126 e. The van der Waals surface area contributed by atoms with Gasteiger partial charge in [0.05, 0.1) is 13.2 Å². The molecule has 1 saturated heterocycles. The molecule has 20 heavy (non-hydrogen) atoms. The summed E-state index contributed by atoms with van der Waals surface area (Å²) in [5, 5.41) is 0. The summed E-state index contributed by atoms with van der Waals surface area (Å²) in [6.45, 7) is 5.47. The SMILES string of the molecule is c1cc2c(cc1OCCCCN1CCCC1)OCCC2. The summed E-state index contributed by atoms with van der Waals surface area (Å²) in [4.78, 5) is 2.56. The molecule has 1 fully saturated rings. The topological polar surface area (TPSA) is 21.7 Å². The number of rotatable bonds is 6. The lowest BCUT2D eigenvalue weighted by atomic mass is 10.1. The molecule has 110 valence electrons. The monoisotopic (exact) mass is 275 g/mol. The molecule has 1 aromatic rings. The molecular weight excluding hydrogens is 250 g/mol. The van der Waals surface area contributed by atoms with Crippen molar-refractivity contribution >= 4 is 0 Å². The van der Waals surface area contributed by atoms with Gasteiger partial charge < -0.3 is 14.4 Å². The number of hydrogen-bond donors (Lipinski definition) is 0. The molecule has 0 atom stereocenters. The third-order valence-electron chi connectivity index (χ3n) is 4.22. The summed E-state index contributed by atoms with van der Waals surface area (Å²) in [5.41, 5.74) is 1.32. The van der Waals surface area contributed by atoms with Gasteiger partial charge in [-0.1, -0.05) is 6.07 Å². The maximum absolute atomic E-state index is 5.84. The number of likely N-dealkylation sites (tertiary alicyclic amines) is 1. The first-order valence-corrected chi connectivity index (χ1v) is 8.03. The van der Waals surface area contributed by atoms with E-state index in [1.807, 2.05) is 0 Å². The van der Waals surface area contributed by atoms with Gasteiger partial charge in [-0.3, -0.25) is 0 Å². The summed E-state index contributed by atoms with van der Waals surface area (Å²) >= 11 is 0. The van der Waals surface area contributed by atoms with Gasteiger partial charge >= 0.3 is 0 Å². The fourth-order valence-electron chi connectivity index (χ4n) is 3.04. The zero-order valence-corrected chi connectivity index (χ0v) is 12.3. The Balaban J connectivity index is 1.37. The molecule has 0 saturated carbocycles. The summed E-state index contributed by atoms with van der Waals surface area (Å²) in [7, 11) is 0. The van der Waals surface area contributed by atoms with Crippen LogP contribution in [0.15, 0.2) is 18.2 Å². The Morgan fingerprint density at radius 2 is 2.00 bits per heavy atom. The van der Waals surface area contributed by atoms with E-state index in [0.717, 1.165) is 44.0 Å². The van der Waals surface area contributed by atoms with Gasteiger partial charge in [0, 0.05) is 6.07 Å². The molecule has 3 heteroatoms. The number of ether oxygens (including phenoxy) is 2. The molecule has 0 aliphatic carbocycles. The van der Waals surface area contributed by atoms with E-state index in [1.165, 1.54) is 44.5 Å². The van der Waals surface area contributed by atoms with Gasteiger partial charge in [-0.2, -0.15) is 0 Å². The standard InChI is InChI=1S/C17H25NO2/c1-2-10-18(9-1)11-3-4-12-19-16-8-7-15-6-5-13-20-17(15)14-16/h7-8,14H,1-6,9-13H2. The van der Waals surface area contributed by atoms with Crippen LogP contribution in [-0.2, 0) is 6.42 Å². The summed E-state index contributed by atoms with van der Waals surface area (Å²) in [5.74, 6) is 1.97. The highest BCUT2D eigenvalue weighted by atomic mass is 16.5. The van der Waals surface area contributed by atoms with Crippen LogP contribution in [0.3, 0.4) is 0 Å². The van der Waals surface area contributed by atoms with E-state index >= 15 is 0 Å². The molecule has 3 nitrogen and oxygen atoms in total. The summed E-state index contributed by atoms with van der Waals surface area (Å²) in [6.07, 6.45) is 7.39. The molecular formula is C17H25NO2. The lowest BCUT2D eigenvalue weighted by Crippen LogP contribution is -2.20. The highest BCUT2D eigenvalue weighted by Crippen LogP contribution is 2.29. The zero-order chi connectivity index (χ0) is 13.6. The minimum absolute atomic E-state index is 0.812. The molecule has 3 rings (SSSR count). The fourth-order valence-corrected chi connectivity index (χ4v) is 3.04. The Bertz CT molecular complexity index is 427. The van der Waals surface area contributed by atoms with Crippen molar-refractivity contribution in [2.45, 2.75) is 38.5 Å². The predicted molar refractivity (Wildman–Crippen MR) is 80.7 cm³/mol. The van der Waals surface area contributed by atoms with Crippen molar-refractivity contribution in [1.82, 2.24) is 4.90 Å². The largest absolute Gasteiger partial charge is 0.493 e. The second-order valence-corrected chi connectivity index (χ2v) is 5.83. The third kappa shape index (κ3) is 3.66. The number of unbranched alkanes of at least 4 members (excludes halogenated alkanes) is 1.